The Bertz CT molecular complexity index is 1040. The topological polar surface area (TPSA) is 102 Å². The summed E-state index contributed by atoms with van der Waals surface area (Å²) in [6.07, 6.45) is -0.0679. The molecule has 3 N–H and O–H groups in total. The number of halogens is 3. The summed E-state index contributed by atoms with van der Waals surface area (Å²) in [5.41, 5.74) is 0.756. The van der Waals surface area contributed by atoms with Gasteiger partial charge in [-0.3, -0.25) is 14.5 Å². The third-order valence-electron chi connectivity index (χ3n) is 5.85. The summed E-state index contributed by atoms with van der Waals surface area (Å²) >= 11 is 18.8. The Kier molecular flexibility index (Phi) is 6.33. The fourth-order valence-electron chi connectivity index (χ4n) is 4.59. The second-order valence-electron chi connectivity index (χ2n) is 7.92. The van der Waals surface area contributed by atoms with Gasteiger partial charge in [0.25, 0.3) is 11.5 Å². The molecule has 0 saturated carbocycles. The third-order valence-corrected chi connectivity index (χ3v) is 6.47. The van der Waals surface area contributed by atoms with E-state index in [-0.39, 0.29) is 28.6 Å². The molecular weight excluding hydrogens is 467 g/mol. The summed E-state index contributed by atoms with van der Waals surface area (Å²) in [5, 5.41) is 22.4. The number of quaternary nitrogens is 1. The minimum Gasteiger partial charge on any atom is -0.595 e. The van der Waals surface area contributed by atoms with E-state index in [4.69, 9.17) is 34.8 Å². The van der Waals surface area contributed by atoms with Crippen LogP contribution in [0.25, 0.3) is 0 Å². The van der Waals surface area contributed by atoms with Gasteiger partial charge in [-0.05, 0) is 24.5 Å². The number of nitrogens with zero attached hydrogens (tertiary/aromatic N) is 2. The molecule has 0 spiro atoms. The van der Waals surface area contributed by atoms with Gasteiger partial charge in [0.2, 0.25) is 3.79 Å². The number of alkyl halides is 3. The van der Waals surface area contributed by atoms with E-state index in [0.29, 0.717) is 19.6 Å². The molecule has 166 valence electrons. The molecule has 8 nitrogen and oxygen atoms in total. The number of carbonyl (C=O) groups is 1. The highest BCUT2D eigenvalue weighted by molar-refractivity contribution is 6.68. The van der Waals surface area contributed by atoms with Gasteiger partial charge in [0.15, 0.2) is 5.69 Å². The summed E-state index contributed by atoms with van der Waals surface area (Å²) in [6.45, 7) is 1.57. The highest BCUT2D eigenvalue weighted by atomic mass is 35.6. The van der Waals surface area contributed by atoms with E-state index in [0.717, 1.165) is 12.1 Å². The van der Waals surface area contributed by atoms with Crippen molar-refractivity contribution < 1.29 is 15.2 Å². The smallest absolute Gasteiger partial charge is 0.258 e. The van der Waals surface area contributed by atoms with E-state index in [1.54, 1.807) is 22.8 Å². The second-order valence-corrected chi connectivity index (χ2v) is 10.3. The Labute approximate surface area is 193 Å². The average molecular weight is 488 g/mol. The van der Waals surface area contributed by atoms with Gasteiger partial charge in [0, 0.05) is 43.4 Å². The van der Waals surface area contributed by atoms with Crippen LogP contribution in [0.15, 0.2) is 47.3 Å². The summed E-state index contributed by atoms with van der Waals surface area (Å²) in [6, 6.07) is 11.1. The van der Waals surface area contributed by atoms with Crippen LogP contribution in [0.2, 0.25) is 0 Å². The number of fused-ring (bicyclic) bond motifs is 4. The van der Waals surface area contributed by atoms with E-state index >= 15 is 0 Å². The number of aromatic nitrogens is 1. The Morgan fingerprint density at radius 1 is 1.16 bits per heavy atom. The zero-order valence-corrected chi connectivity index (χ0v) is 18.6. The van der Waals surface area contributed by atoms with E-state index in [1.165, 1.54) is 18.2 Å². The number of likely N-dealkylation sites (tertiary alicyclic amines) is 1. The van der Waals surface area contributed by atoms with Crippen molar-refractivity contribution in [2.45, 2.75) is 28.8 Å². The fourth-order valence-corrected chi connectivity index (χ4v) is 5.17. The SMILES string of the molecule is O=C(NC(N1CC2CC(C1)c1cccc(=O)n1C2)C(Cl)(Cl)Cl)c1ccccc1[NH+]([O-])O. The predicted molar refractivity (Wildman–Crippen MR) is 117 cm³/mol. The van der Waals surface area contributed by atoms with Gasteiger partial charge < -0.3 is 15.1 Å². The van der Waals surface area contributed by atoms with E-state index in [1.807, 2.05) is 11.0 Å². The van der Waals surface area contributed by atoms with Crippen LogP contribution >= 0.6 is 34.8 Å². The lowest BCUT2D eigenvalue weighted by atomic mass is 9.83. The summed E-state index contributed by atoms with van der Waals surface area (Å²) in [5.74, 6) is -0.425. The van der Waals surface area contributed by atoms with Crippen LogP contribution in [0.1, 0.15) is 28.4 Å². The van der Waals surface area contributed by atoms with Crippen LogP contribution in [0.5, 0.6) is 0 Å². The first kappa shape index (κ1) is 22.5. The molecule has 1 aromatic carbocycles. The summed E-state index contributed by atoms with van der Waals surface area (Å²) < 4.78 is -0.0575. The molecular formula is C20H21Cl3N4O4. The Balaban J connectivity index is 1.60. The van der Waals surface area contributed by atoms with Crippen molar-refractivity contribution in [3.8, 4) is 0 Å². The standard InChI is InChI=1S/C20H21Cl3N4O4/c21-20(22,23)19(24-18(29)14-4-1-2-5-16(14)27(30)31)25-9-12-8-13(11-25)15-6-3-7-17(28)26(15)10-12/h1-7,12-13,19,27,30H,8-11H2,(H,24,29). The minimum absolute atomic E-state index is 0.0108. The number of hydrogen-bond acceptors (Lipinski definition) is 5. The molecule has 11 heteroatoms. The number of pyridine rings is 1. The maximum Gasteiger partial charge on any atom is 0.258 e. The van der Waals surface area contributed by atoms with Gasteiger partial charge in [0.1, 0.15) is 11.7 Å². The van der Waals surface area contributed by atoms with Crippen molar-refractivity contribution in [2.75, 3.05) is 13.1 Å². The normalized spacial score (nSPS) is 23.0. The second kappa shape index (κ2) is 8.71. The molecule has 4 rings (SSSR count). The number of benzene rings is 1. The van der Waals surface area contributed by atoms with Gasteiger partial charge in [0.05, 0.1) is 0 Å². The van der Waals surface area contributed by atoms with Gasteiger partial charge in [-0.1, -0.05) is 53.0 Å². The molecule has 4 atom stereocenters. The largest absolute Gasteiger partial charge is 0.595 e. The highest BCUT2D eigenvalue weighted by Crippen LogP contribution is 2.40. The number of carbonyl (C=O) groups excluding carboxylic acids is 1. The molecule has 1 aromatic heterocycles. The molecule has 0 aliphatic carbocycles. The first-order valence-electron chi connectivity index (χ1n) is 9.79. The maximum absolute atomic E-state index is 12.9. The first-order chi connectivity index (χ1) is 14.6. The van der Waals surface area contributed by atoms with Crippen molar-refractivity contribution in [3.05, 3.63) is 69.3 Å². The first-order valence-corrected chi connectivity index (χ1v) is 10.9. The molecule has 3 heterocycles. The summed E-state index contributed by atoms with van der Waals surface area (Å²) in [4.78, 5) is 27.1. The zero-order chi connectivity index (χ0) is 22.3. The van der Waals surface area contributed by atoms with Crippen molar-refractivity contribution in [3.63, 3.8) is 0 Å². The van der Waals surface area contributed by atoms with Gasteiger partial charge in [-0.15, -0.1) is 0 Å². The van der Waals surface area contributed by atoms with E-state index in [2.05, 4.69) is 5.32 Å². The molecule has 1 fully saturated rings. The van der Waals surface area contributed by atoms with Gasteiger partial charge in [-0.25, -0.2) is 5.21 Å². The Morgan fingerprint density at radius 2 is 1.90 bits per heavy atom. The molecule has 2 bridgehead atoms. The van der Waals surface area contributed by atoms with Crippen LogP contribution in [0, 0.1) is 11.1 Å². The van der Waals surface area contributed by atoms with Gasteiger partial charge in [-0.2, -0.15) is 5.23 Å². The number of para-hydroxylation sites is 1. The number of piperidine rings is 1. The van der Waals surface area contributed by atoms with Crippen molar-refractivity contribution in [2.24, 2.45) is 5.92 Å². The number of rotatable bonds is 4. The number of nitrogens with one attached hydrogen (secondary N) is 2. The molecule has 2 aliphatic heterocycles. The third kappa shape index (κ3) is 4.61. The van der Waals surface area contributed by atoms with Crippen LogP contribution in [-0.4, -0.2) is 43.6 Å². The lowest BCUT2D eigenvalue weighted by Crippen LogP contribution is -2.99. The summed E-state index contributed by atoms with van der Waals surface area (Å²) in [7, 11) is 0. The Morgan fingerprint density at radius 3 is 2.61 bits per heavy atom. The lowest BCUT2D eigenvalue weighted by Gasteiger charge is -2.47. The highest BCUT2D eigenvalue weighted by Gasteiger charge is 2.44. The number of hydrogen-bond donors (Lipinski definition) is 3. The van der Waals surface area contributed by atoms with E-state index in [9.17, 15) is 20.0 Å². The fraction of sp³-hybridized carbons (Fsp3) is 0.400. The van der Waals surface area contributed by atoms with Crippen molar-refractivity contribution in [1.29, 1.82) is 0 Å². The Hall–Kier alpha value is -1.65. The molecule has 4 unspecified atom stereocenters. The van der Waals surface area contributed by atoms with Crippen LogP contribution in [0.4, 0.5) is 5.69 Å². The number of amides is 1. The average Bonchev–Trinajstić information content (AvgIpc) is 2.71. The van der Waals surface area contributed by atoms with E-state index < -0.39 is 21.1 Å². The monoisotopic (exact) mass is 486 g/mol. The molecule has 2 aromatic rings. The van der Waals surface area contributed by atoms with Crippen molar-refractivity contribution in [1.82, 2.24) is 14.8 Å². The molecule has 1 saturated heterocycles. The lowest BCUT2D eigenvalue weighted by molar-refractivity contribution is -0.991. The zero-order valence-electron chi connectivity index (χ0n) is 16.3. The van der Waals surface area contributed by atoms with Gasteiger partial charge >= 0.3 is 0 Å². The molecule has 31 heavy (non-hydrogen) atoms. The molecule has 2 aliphatic rings. The quantitative estimate of drug-likeness (QED) is 0.451. The van der Waals surface area contributed by atoms with Crippen LogP contribution < -0.4 is 16.1 Å². The predicted octanol–water partition coefficient (Wildman–Crippen LogP) is 1.80. The van der Waals surface area contributed by atoms with Crippen molar-refractivity contribution >= 4 is 46.4 Å². The minimum atomic E-state index is -1.85. The van der Waals surface area contributed by atoms with Crippen LogP contribution in [-0.2, 0) is 6.54 Å². The molecule has 1 amide bonds. The maximum atomic E-state index is 12.9. The molecule has 0 radical (unpaired) electrons. The van der Waals surface area contributed by atoms with Crippen LogP contribution in [0.3, 0.4) is 0 Å².